The second-order valence-electron chi connectivity index (χ2n) is 7.14. The van der Waals surface area contributed by atoms with E-state index in [9.17, 15) is 0 Å². The maximum absolute atomic E-state index is 4.63. The Bertz CT molecular complexity index is 904. The van der Waals surface area contributed by atoms with Crippen molar-refractivity contribution in [2.45, 2.75) is 33.2 Å². The van der Waals surface area contributed by atoms with E-state index < -0.39 is 0 Å². The predicted octanol–water partition coefficient (Wildman–Crippen LogP) is 5.56. The number of aryl methyl sites for hydroxylation is 1. The molecule has 0 unspecified atom stereocenters. The van der Waals surface area contributed by atoms with Crippen molar-refractivity contribution in [3.8, 4) is 11.4 Å². The van der Waals surface area contributed by atoms with E-state index in [-0.39, 0.29) is 5.54 Å². The summed E-state index contributed by atoms with van der Waals surface area (Å²) in [5.74, 6) is 1.28. The molecule has 6 heteroatoms. The molecule has 0 atom stereocenters. The van der Waals surface area contributed by atoms with Gasteiger partial charge in [0.1, 0.15) is 5.82 Å². The van der Waals surface area contributed by atoms with E-state index in [2.05, 4.69) is 75.3 Å². The number of anilines is 3. The molecule has 5 nitrogen and oxygen atoms in total. The molecule has 0 radical (unpaired) electrons. The van der Waals surface area contributed by atoms with E-state index in [4.69, 9.17) is 0 Å². The zero-order valence-corrected chi connectivity index (χ0v) is 16.9. The molecule has 3 aromatic rings. The minimum absolute atomic E-state index is 0.145. The summed E-state index contributed by atoms with van der Waals surface area (Å²) in [7, 11) is 0. The van der Waals surface area contributed by atoms with Gasteiger partial charge in [-0.25, -0.2) is 4.98 Å². The van der Waals surface area contributed by atoms with Crippen LogP contribution in [0.15, 0.2) is 53.1 Å². The first kappa shape index (κ1) is 18.3. The maximum atomic E-state index is 4.63. The third kappa shape index (κ3) is 4.79. The molecule has 1 aromatic carbocycles. The van der Waals surface area contributed by atoms with E-state index in [1.54, 1.807) is 6.20 Å². The Balaban J connectivity index is 2.00. The summed E-state index contributed by atoms with van der Waals surface area (Å²) in [6, 6.07) is 13.8. The molecule has 0 spiro atoms. The number of hydrogen-bond donors (Lipinski definition) is 2. The first-order valence-corrected chi connectivity index (χ1v) is 9.21. The summed E-state index contributed by atoms with van der Waals surface area (Å²) >= 11 is 3.53. The van der Waals surface area contributed by atoms with Gasteiger partial charge in [-0.2, -0.15) is 4.98 Å². The van der Waals surface area contributed by atoms with Crippen molar-refractivity contribution in [2.75, 3.05) is 10.6 Å². The van der Waals surface area contributed by atoms with Gasteiger partial charge in [0.05, 0.1) is 11.4 Å². The minimum atomic E-state index is -0.145. The number of pyridine rings is 1. The van der Waals surface area contributed by atoms with Crippen molar-refractivity contribution in [1.29, 1.82) is 0 Å². The van der Waals surface area contributed by atoms with Crippen LogP contribution in [0.1, 0.15) is 26.3 Å². The van der Waals surface area contributed by atoms with Gasteiger partial charge in [-0.1, -0.05) is 22.0 Å². The fraction of sp³-hybridized carbons (Fsp3) is 0.250. The Kier molecular flexibility index (Phi) is 5.23. The first-order chi connectivity index (χ1) is 12.3. The number of hydrogen-bond acceptors (Lipinski definition) is 5. The van der Waals surface area contributed by atoms with Gasteiger partial charge in [0.25, 0.3) is 0 Å². The van der Waals surface area contributed by atoms with Crippen LogP contribution < -0.4 is 10.6 Å². The third-order valence-electron chi connectivity index (χ3n) is 3.57. The van der Waals surface area contributed by atoms with Gasteiger partial charge >= 0.3 is 0 Å². The molecule has 2 aromatic heterocycles. The van der Waals surface area contributed by atoms with Crippen LogP contribution in [0.25, 0.3) is 11.4 Å². The molecule has 26 heavy (non-hydrogen) atoms. The van der Waals surface area contributed by atoms with Gasteiger partial charge in [0, 0.05) is 28.0 Å². The molecular weight excluding hydrogens is 390 g/mol. The van der Waals surface area contributed by atoms with Crippen LogP contribution in [-0.2, 0) is 0 Å². The lowest BCUT2D eigenvalue weighted by Gasteiger charge is -2.21. The maximum Gasteiger partial charge on any atom is 0.225 e. The molecule has 0 fully saturated rings. The van der Waals surface area contributed by atoms with Gasteiger partial charge in [-0.15, -0.1) is 0 Å². The second-order valence-corrected chi connectivity index (χ2v) is 8.00. The first-order valence-electron chi connectivity index (χ1n) is 8.42. The van der Waals surface area contributed by atoms with Crippen LogP contribution in [0.5, 0.6) is 0 Å². The molecule has 0 saturated heterocycles. The molecule has 0 aliphatic rings. The van der Waals surface area contributed by atoms with E-state index in [1.807, 2.05) is 36.4 Å². The molecule has 134 valence electrons. The molecular formula is C20H22BrN5. The molecule has 3 rings (SSSR count). The van der Waals surface area contributed by atoms with Crippen molar-refractivity contribution in [1.82, 2.24) is 15.0 Å². The normalized spacial score (nSPS) is 11.3. The SMILES string of the molecule is Cc1cc(Nc2cc(-c3ccccn3)nc(NC(C)(C)C)n2)ccc1Br. The van der Waals surface area contributed by atoms with Gasteiger partial charge in [-0.05, 0) is 63.6 Å². The Morgan fingerprint density at radius 1 is 0.962 bits per heavy atom. The van der Waals surface area contributed by atoms with Crippen molar-refractivity contribution in [3.63, 3.8) is 0 Å². The zero-order chi connectivity index (χ0) is 18.7. The van der Waals surface area contributed by atoms with Crippen molar-refractivity contribution in [2.24, 2.45) is 0 Å². The molecule has 2 N–H and O–H groups in total. The lowest BCUT2D eigenvalue weighted by Crippen LogP contribution is -2.27. The molecule has 0 aliphatic heterocycles. The fourth-order valence-corrected chi connectivity index (χ4v) is 2.67. The lowest BCUT2D eigenvalue weighted by molar-refractivity contribution is 0.626. The number of rotatable bonds is 4. The number of nitrogens with one attached hydrogen (secondary N) is 2. The largest absolute Gasteiger partial charge is 0.350 e. The monoisotopic (exact) mass is 411 g/mol. The number of benzene rings is 1. The van der Waals surface area contributed by atoms with Gasteiger partial charge in [0.15, 0.2) is 0 Å². The van der Waals surface area contributed by atoms with Crippen LogP contribution in [0, 0.1) is 6.92 Å². The smallest absolute Gasteiger partial charge is 0.225 e. The quantitative estimate of drug-likeness (QED) is 0.587. The van der Waals surface area contributed by atoms with Gasteiger partial charge < -0.3 is 10.6 Å². The van der Waals surface area contributed by atoms with Crippen LogP contribution in [0.4, 0.5) is 17.5 Å². The van der Waals surface area contributed by atoms with Crippen molar-refractivity contribution >= 4 is 33.4 Å². The van der Waals surface area contributed by atoms with E-state index >= 15 is 0 Å². The molecule has 0 aliphatic carbocycles. The van der Waals surface area contributed by atoms with Crippen LogP contribution in [-0.4, -0.2) is 20.5 Å². The second kappa shape index (κ2) is 7.41. The summed E-state index contributed by atoms with van der Waals surface area (Å²) in [4.78, 5) is 13.7. The summed E-state index contributed by atoms with van der Waals surface area (Å²) < 4.78 is 1.08. The van der Waals surface area contributed by atoms with E-state index in [1.165, 1.54) is 0 Å². The predicted molar refractivity (Wildman–Crippen MR) is 111 cm³/mol. The lowest BCUT2D eigenvalue weighted by atomic mass is 10.1. The minimum Gasteiger partial charge on any atom is -0.350 e. The Labute approximate surface area is 162 Å². The average molecular weight is 412 g/mol. The van der Waals surface area contributed by atoms with Gasteiger partial charge in [0.2, 0.25) is 5.95 Å². The van der Waals surface area contributed by atoms with Crippen molar-refractivity contribution in [3.05, 3.63) is 58.7 Å². The highest BCUT2D eigenvalue weighted by Crippen LogP contribution is 2.26. The number of nitrogens with zero attached hydrogens (tertiary/aromatic N) is 3. The fourth-order valence-electron chi connectivity index (χ4n) is 2.42. The highest BCUT2D eigenvalue weighted by Gasteiger charge is 2.14. The molecule has 0 saturated carbocycles. The standard InChI is InChI=1S/C20H22BrN5/c1-13-11-14(8-9-15(13)21)23-18-12-17(16-7-5-6-10-22-16)24-19(25-18)26-20(2,3)4/h5-12H,1-4H3,(H2,23,24,25,26). The number of halogens is 1. The summed E-state index contributed by atoms with van der Waals surface area (Å²) in [5.41, 5.74) is 3.56. The van der Waals surface area contributed by atoms with Crippen LogP contribution >= 0.6 is 15.9 Å². The summed E-state index contributed by atoms with van der Waals surface area (Å²) in [5, 5.41) is 6.71. The summed E-state index contributed by atoms with van der Waals surface area (Å²) in [6.45, 7) is 8.29. The topological polar surface area (TPSA) is 62.7 Å². The van der Waals surface area contributed by atoms with Gasteiger partial charge in [-0.3, -0.25) is 4.98 Å². The van der Waals surface area contributed by atoms with E-state index in [0.717, 1.165) is 27.1 Å². The number of aromatic nitrogens is 3. The zero-order valence-electron chi connectivity index (χ0n) is 15.3. The highest BCUT2D eigenvalue weighted by atomic mass is 79.9. The Morgan fingerprint density at radius 2 is 1.77 bits per heavy atom. The molecule has 0 bridgehead atoms. The molecule has 2 heterocycles. The van der Waals surface area contributed by atoms with E-state index in [0.29, 0.717) is 11.8 Å². The average Bonchev–Trinajstić information content (AvgIpc) is 2.57. The Morgan fingerprint density at radius 3 is 2.42 bits per heavy atom. The third-order valence-corrected chi connectivity index (χ3v) is 4.46. The van der Waals surface area contributed by atoms with Crippen molar-refractivity contribution < 1.29 is 0 Å². The van der Waals surface area contributed by atoms with Crippen LogP contribution in [0.3, 0.4) is 0 Å². The highest BCUT2D eigenvalue weighted by molar-refractivity contribution is 9.10. The Hall–Kier alpha value is -2.47. The van der Waals surface area contributed by atoms with Crippen LogP contribution in [0.2, 0.25) is 0 Å². The molecule has 0 amide bonds. The summed E-state index contributed by atoms with van der Waals surface area (Å²) in [6.07, 6.45) is 1.76.